The summed E-state index contributed by atoms with van der Waals surface area (Å²) in [5.41, 5.74) is 1.76. The molecule has 2 atom stereocenters. The zero-order valence-corrected chi connectivity index (χ0v) is 17.3. The fraction of sp³-hybridized carbons (Fsp3) is 0.350. The third kappa shape index (κ3) is 4.76. The maximum Gasteiger partial charge on any atom is 0.257 e. The third-order valence-electron chi connectivity index (χ3n) is 4.43. The number of thioether (sulfide) groups is 1. The van der Waals surface area contributed by atoms with Crippen LogP contribution in [0.15, 0.2) is 53.4 Å². The summed E-state index contributed by atoms with van der Waals surface area (Å²) >= 11 is 1.53. The highest BCUT2D eigenvalue weighted by atomic mass is 35.5. The smallest absolute Gasteiger partial charge is 0.257 e. The monoisotopic (exact) mass is 408 g/mol. The van der Waals surface area contributed by atoms with Crippen molar-refractivity contribution in [1.82, 2.24) is 4.90 Å². The van der Waals surface area contributed by atoms with Crippen molar-refractivity contribution < 1.29 is 14.6 Å². The molecule has 5 nitrogen and oxygen atoms in total. The quantitative estimate of drug-likeness (QED) is 0.823. The summed E-state index contributed by atoms with van der Waals surface area (Å²) in [6.07, 6.45) is -1.11. The van der Waals surface area contributed by atoms with Crippen LogP contribution in [0.4, 0.5) is 5.69 Å². The highest BCUT2D eigenvalue weighted by Gasteiger charge is 2.37. The summed E-state index contributed by atoms with van der Waals surface area (Å²) in [7, 11) is 5.56. The molecular formula is C20H25ClN2O3S. The van der Waals surface area contributed by atoms with Gasteiger partial charge in [-0.25, -0.2) is 0 Å². The standard InChI is InChI=1S/C20H24N2O3S.ClH/c1-21(2)12-13-22-16-6-4-5-7-17(16)26-19(18(23)20(22)24)14-8-10-15(25-3)11-9-14;/h4-11,18-19,23H,12-13H2,1-3H3;1H. The van der Waals surface area contributed by atoms with Gasteiger partial charge in [0, 0.05) is 18.0 Å². The molecule has 1 aliphatic heterocycles. The fourth-order valence-corrected chi connectivity index (χ4v) is 4.23. The van der Waals surface area contributed by atoms with Crippen molar-refractivity contribution in [3.8, 4) is 5.75 Å². The molecule has 0 saturated carbocycles. The largest absolute Gasteiger partial charge is 0.497 e. The van der Waals surface area contributed by atoms with Crippen LogP contribution in [0.1, 0.15) is 10.8 Å². The average Bonchev–Trinajstić information content (AvgIpc) is 2.76. The number of hydrogen-bond acceptors (Lipinski definition) is 5. The molecule has 7 heteroatoms. The Hall–Kier alpha value is -1.73. The van der Waals surface area contributed by atoms with Crippen molar-refractivity contribution in [1.29, 1.82) is 0 Å². The lowest BCUT2D eigenvalue weighted by Gasteiger charge is -2.26. The molecule has 2 aromatic rings. The molecule has 0 aliphatic carbocycles. The second-order valence-electron chi connectivity index (χ2n) is 6.52. The Morgan fingerprint density at radius 3 is 2.44 bits per heavy atom. The van der Waals surface area contributed by atoms with Crippen LogP contribution < -0.4 is 9.64 Å². The highest BCUT2D eigenvalue weighted by Crippen LogP contribution is 2.45. The topological polar surface area (TPSA) is 53.0 Å². The number of amides is 1. The number of aliphatic hydroxyl groups is 1. The SMILES string of the molecule is COc1ccc(C2Sc3ccccc3N(CCN(C)C)C(=O)C2O)cc1.Cl. The summed E-state index contributed by atoms with van der Waals surface area (Å²) in [6, 6.07) is 15.4. The number of methoxy groups -OCH3 is 1. The molecule has 1 amide bonds. The van der Waals surface area contributed by atoms with E-state index in [0.717, 1.165) is 28.4 Å². The molecule has 3 rings (SSSR count). The van der Waals surface area contributed by atoms with Gasteiger partial charge in [-0.15, -0.1) is 24.2 Å². The van der Waals surface area contributed by atoms with Crippen LogP contribution in [-0.2, 0) is 4.79 Å². The first kappa shape index (κ1) is 21.6. The molecule has 146 valence electrons. The van der Waals surface area contributed by atoms with Crippen molar-refractivity contribution in [2.75, 3.05) is 39.2 Å². The van der Waals surface area contributed by atoms with Crippen molar-refractivity contribution in [3.63, 3.8) is 0 Å². The third-order valence-corrected chi connectivity index (χ3v) is 5.81. The fourth-order valence-electron chi connectivity index (χ4n) is 2.96. The minimum Gasteiger partial charge on any atom is -0.497 e. The molecule has 1 N–H and O–H groups in total. The molecular weight excluding hydrogens is 384 g/mol. The van der Waals surface area contributed by atoms with Gasteiger partial charge in [-0.2, -0.15) is 0 Å². The Morgan fingerprint density at radius 2 is 1.81 bits per heavy atom. The maximum absolute atomic E-state index is 13.0. The molecule has 2 aromatic carbocycles. The number of fused-ring (bicyclic) bond motifs is 1. The number of ether oxygens (including phenoxy) is 1. The average molecular weight is 409 g/mol. The van der Waals surface area contributed by atoms with Crippen LogP contribution in [0.5, 0.6) is 5.75 Å². The molecule has 2 unspecified atom stereocenters. The predicted octanol–water partition coefficient (Wildman–Crippen LogP) is 3.22. The molecule has 1 heterocycles. The molecule has 0 saturated heterocycles. The van der Waals surface area contributed by atoms with Crippen molar-refractivity contribution in [3.05, 3.63) is 54.1 Å². The highest BCUT2D eigenvalue weighted by molar-refractivity contribution is 7.99. The molecule has 0 spiro atoms. The molecule has 27 heavy (non-hydrogen) atoms. The van der Waals surface area contributed by atoms with Gasteiger partial charge in [-0.1, -0.05) is 24.3 Å². The normalized spacial score (nSPS) is 19.3. The van der Waals surface area contributed by atoms with E-state index in [1.807, 2.05) is 67.5 Å². The lowest BCUT2D eigenvalue weighted by atomic mass is 10.1. The van der Waals surface area contributed by atoms with Crippen LogP contribution in [0.25, 0.3) is 0 Å². The second-order valence-corrected chi connectivity index (χ2v) is 7.70. The van der Waals surface area contributed by atoms with Gasteiger partial charge in [-0.3, -0.25) is 4.79 Å². The van der Waals surface area contributed by atoms with Gasteiger partial charge >= 0.3 is 0 Å². The Bertz CT molecular complexity index is 770. The summed E-state index contributed by atoms with van der Waals surface area (Å²) < 4.78 is 5.21. The number of benzene rings is 2. The van der Waals surface area contributed by atoms with E-state index in [0.29, 0.717) is 6.54 Å². The van der Waals surface area contributed by atoms with Crippen LogP contribution in [0.3, 0.4) is 0 Å². The van der Waals surface area contributed by atoms with Gasteiger partial charge in [0.25, 0.3) is 5.91 Å². The molecule has 0 fully saturated rings. The first-order valence-electron chi connectivity index (χ1n) is 8.55. The number of aliphatic hydroxyl groups excluding tert-OH is 1. The van der Waals surface area contributed by atoms with E-state index >= 15 is 0 Å². The lowest BCUT2D eigenvalue weighted by molar-refractivity contribution is -0.126. The van der Waals surface area contributed by atoms with Crippen LogP contribution in [-0.4, -0.2) is 56.3 Å². The van der Waals surface area contributed by atoms with Crippen molar-refractivity contribution in [2.24, 2.45) is 0 Å². The van der Waals surface area contributed by atoms with Gasteiger partial charge < -0.3 is 19.6 Å². The minimum absolute atomic E-state index is 0. The number of hydrogen-bond donors (Lipinski definition) is 1. The Balaban J connectivity index is 0.00000261. The number of likely N-dealkylation sites (N-methyl/N-ethyl adjacent to an activating group) is 1. The Kier molecular flexibility index (Phi) is 7.56. The number of rotatable bonds is 5. The summed E-state index contributed by atoms with van der Waals surface area (Å²) in [5.74, 6) is 0.492. The molecule has 1 aliphatic rings. The van der Waals surface area contributed by atoms with E-state index in [2.05, 4.69) is 0 Å². The van der Waals surface area contributed by atoms with Gasteiger partial charge in [0.05, 0.1) is 18.0 Å². The molecule has 0 radical (unpaired) electrons. The summed E-state index contributed by atoms with van der Waals surface area (Å²) in [4.78, 5) is 17.8. The lowest BCUT2D eigenvalue weighted by Crippen LogP contribution is -2.43. The number of nitrogens with zero attached hydrogens (tertiary/aromatic N) is 2. The van der Waals surface area contributed by atoms with Crippen molar-refractivity contribution >= 4 is 35.8 Å². The zero-order chi connectivity index (χ0) is 18.7. The van der Waals surface area contributed by atoms with Gasteiger partial charge in [0.2, 0.25) is 0 Å². The predicted molar refractivity (Wildman–Crippen MR) is 112 cm³/mol. The van der Waals surface area contributed by atoms with E-state index in [-0.39, 0.29) is 23.6 Å². The molecule has 0 aromatic heterocycles. The Morgan fingerprint density at radius 1 is 1.15 bits per heavy atom. The van der Waals surface area contributed by atoms with Crippen molar-refractivity contribution in [2.45, 2.75) is 16.2 Å². The Labute approximate surface area is 170 Å². The first-order chi connectivity index (χ1) is 12.5. The van der Waals surface area contributed by atoms with E-state index in [4.69, 9.17) is 4.74 Å². The zero-order valence-electron chi connectivity index (χ0n) is 15.7. The summed E-state index contributed by atoms with van der Waals surface area (Å²) in [5, 5.41) is 10.5. The van der Waals surface area contributed by atoms with Crippen LogP contribution >= 0.6 is 24.2 Å². The first-order valence-corrected chi connectivity index (χ1v) is 9.43. The number of carbonyl (C=O) groups excluding carboxylic acids is 1. The van der Waals surface area contributed by atoms with Gasteiger partial charge in [-0.05, 0) is 43.9 Å². The summed E-state index contributed by atoms with van der Waals surface area (Å²) in [6.45, 7) is 1.26. The van der Waals surface area contributed by atoms with Gasteiger partial charge in [0.1, 0.15) is 11.9 Å². The number of para-hydroxylation sites is 1. The molecule has 0 bridgehead atoms. The number of carbonyl (C=O) groups is 1. The second kappa shape index (κ2) is 9.46. The van der Waals surface area contributed by atoms with E-state index in [1.165, 1.54) is 11.8 Å². The maximum atomic E-state index is 13.0. The van der Waals surface area contributed by atoms with E-state index < -0.39 is 6.10 Å². The van der Waals surface area contributed by atoms with Gasteiger partial charge in [0.15, 0.2) is 0 Å². The van der Waals surface area contributed by atoms with Crippen LogP contribution in [0.2, 0.25) is 0 Å². The number of anilines is 1. The van der Waals surface area contributed by atoms with E-state index in [1.54, 1.807) is 12.0 Å². The van der Waals surface area contributed by atoms with E-state index in [9.17, 15) is 9.90 Å². The number of halogens is 1. The minimum atomic E-state index is -1.11. The van der Waals surface area contributed by atoms with Crippen LogP contribution in [0, 0.1) is 0 Å².